The summed E-state index contributed by atoms with van der Waals surface area (Å²) in [5.74, 6) is 0.115. The third-order valence-corrected chi connectivity index (χ3v) is 9.71. The van der Waals surface area contributed by atoms with E-state index in [2.05, 4.69) is 16.0 Å². The molecule has 4 N–H and O–H groups in total. The van der Waals surface area contributed by atoms with Gasteiger partial charge in [0.15, 0.2) is 0 Å². The molecule has 2 heterocycles. The van der Waals surface area contributed by atoms with Crippen LogP contribution in [0, 0.1) is 0 Å². The molecule has 2 saturated heterocycles. The monoisotopic (exact) mass is 843 g/mol. The summed E-state index contributed by atoms with van der Waals surface area (Å²) in [5, 5.41) is 17.8. The molecular weight excluding hydrogens is 774 g/mol. The van der Waals surface area contributed by atoms with Gasteiger partial charge in [0.25, 0.3) is 0 Å². The van der Waals surface area contributed by atoms with E-state index in [0.717, 1.165) is 25.0 Å². The van der Waals surface area contributed by atoms with Gasteiger partial charge in [0, 0.05) is 24.0 Å². The summed E-state index contributed by atoms with van der Waals surface area (Å²) in [7, 11) is 0. The Morgan fingerprint density at radius 3 is 1.28 bits per heavy atom. The van der Waals surface area contributed by atoms with Crippen molar-refractivity contribution in [2.75, 3.05) is 171 Å². The van der Waals surface area contributed by atoms with Crippen molar-refractivity contribution in [3.63, 3.8) is 0 Å². The molecule has 19 nitrogen and oxygen atoms in total. The molecule has 57 heavy (non-hydrogen) atoms. The highest BCUT2D eigenvalue weighted by atomic mass is 32.2. The zero-order chi connectivity index (χ0) is 40.7. The van der Waals surface area contributed by atoms with Gasteiger partial charge in [0.1, 0.15) is 0 Å². The maximum Gasteiger partial charge on any atom is 0.315 e. The second kappa shape index (κ2) is 38.3. The molecule has 3 amide bonds. The maximum atomic E-state index is 12.0. The van der Waals surface area contributed by atoms with Crippen LogP contribution in [-0.4, -0.2) is 211 Å². The second-order valence-corrected chi connectivity index (χ2v) is 14.0. The molecule has 3 atom stereocenters. The molecule has 0 radical (unpaired) electrons. The number of carbonyl (C=O) groups excluding carboxylic acids is 2. The molecule has 2 rings (SSSR count). The van der Waals surface area contributed by atoms with Crippen LogP contribution in [0.4, 0.5) is 4.79 Å². The van der Waals surface area contributed by atoms with Gasteiger partial charge >= 0.3 is 12.0 Å². The van der Waals surface area contributed by atoms with E-state index in [1.165, 1.54) is 0 Å². The molecule has 0 aromatic carbocycles. The van der Waals surface area contributed by atoms with Crippen LogP contribution in [0.1, 0.15) is 32.1 Å². The Morgan fingerprint density at radius 1 is 0.526 bits per heavy atom. The number of ether oxygens (including phenoxy) is 12. The molecule has 0 aromatic heterocycles. The Morgan fingerprint density at radius 2 is 0.895 bits per heavy atom. The van der Waals surface area contributed by atoms with E-state index in [0.29, 0.717) is 170 Å². The van der Waals surface area contributed by atoms with Crippen LogP contribution in [0.5, 0.6) is 0 Å². The molecule has 2 fully saturated rings. The molecular formula is C37H69N3O16S. The van der Waals surface area contributed by atoms with E-state index < -0.39 is 5.97 Å². The van der Waals surface area contributed by atoms with E-state index in [-0.39, 0.29) is 37.0 Å². The first-order valence-corrected chi connectivity index (χ1v) is 21.2. The van der Waals surface area contributed by atoms with Crippen molar-refractivity contribution in [2.45, 2.75) is 49.4 Å². The number of hydrogen-bond donors (Lipinski definition) is 4. The van der Waals surface area contributed by atoms with Crippen molar-refractivity contribution in [1.82, 2.24) is 16.0 Å². The first-order valence-electron chi connectivity index (χ1n) is 20.2. The fourth-order valence-electron chi connectivity index (χ4n) is 5.31. The number of thioether (sulfide) groups is 1. The topological polar surface area (TPSA) is 218 Å². The standard InChI is InChI=1S/C37H69N3O16S/c41-34(4-2-1-3-33-36-32(31-57-33)39-37(44)40-36)38-6-8-46-10-12-48-14-16-50-18-20-52-22-24-54-26-28-56-30-29-55-27-25-53-23-21-51-19-17-49-15-13-47-11-9-45-7-5-35(42)43/h32-33,36H,1-31H2,(H,38,41)(H,42,43)(H2,39,40,44)/t32-,33+,36+/m1/s1. The van der Waals surface area contributed by atoms with E-state index in [1.54, 1.807) is 0 Å². The molecule has 0 aliphatic carbocycles. The smallest absolute Gasteiger partial charge is 0.315 e. The van der Waals surface area contributed by atoms with Gasteiger partial charge in [0.2, 0.25) is 5.91 Å². The van der Waals surface area contributed by atoms with E-state index in [1.807, 2.05) is 11.8 Å². The van der Waals surface area contributed by atoms with Crippen LogP contribution in [0.15, 0.2) is 0 Å². The lowest BCUT2D eigenvalue weighted by Crippen LogP contribution is -2.36. The number of carboxylic acids is 1. The highest BCUT2D eigenvalue weighted by Gasteiger charge is 2.42. The molecule has 2 aliphatic heterocycles. The molecule has 0 saturated carbocycles. The predicted molar refractivity (Wildman–Crippen MR) is 209 cm³/mol. The summed E-state index contributed by atoms with van der Waals surface area (Å²) in [6, 6.07) is 0.395. The normalized spacial score (nSPS) is 17.5. The average molecular weight is 844 g/mol. The quantitative estimate of drug-likeness (QED) is 0.0485. The number of hydrogen-bond acceptors (Lipinski definition) is 16. The summed E-state index contributed by atoms with van der Waals surface area (Å²) in [4.78, 5) is 33.9. The van der Waals surface area contributed by atoms with Gasteiger partial charge in [-0.2, -0.15) is 11.8 Å². The summed E-state index contributed by atoms with van der Waals surface area (Å²) < 4.78 is 65.2. The third kappa shape index (κ3) is 31.6. The SMILES string of the molecule is O=C(O)CCOCCOCCOCCOCCOCCOCCOCCOCCOCCOCCOCCOCCNC(=O)CCCC[C@@H]1SC[C@H]2NC(=O)N[C@H]12. The largest absolute Gasteiger partial charge is 0.481 e. The molecule has 0 bridgehead atoms. The Balaban J connectivity index is 1.14. The van der Waals surface area contributed by atoms with Crippen LogP contribution in [0.2, 0.25) is 0 Å². The number of carbonyl (C=O) groups is 3. The van der Waals surface area contributed by atoms with Crippen LogP contribution >= 0.6 is 11.8 Å². The van der Waals surface area contributed by atoms with Crippen molar-refractivity contribution in [3.8, 4) is 0 Å². The second-order valence-electron chi connectivity index (χ2n) is 12.7. The molecule has 20 heteroatoms. The highest BCUT2D eigenvalue weighted by Crippen LogP contribution is 2.33. The Labute approximate surface area is 341 Å². The fourth-order valence-corrected chi connectivity index (χ4v) is 6.85. The average Bonchev–Trinajstić information content (AvgIpc) is 3.76. The summed E-state index contributed by atoms with van der Waals surface area (Å²) in [6.45, 7) is 11.3. The van der Waals surface area contributed by atoms with Crippen LogP contribution in [0.25, 0.3) is 0 Å². The lowest BCUT2D eigenvalue weighted by atomic mass is 10.0. The van der Waals surface area contributed by atoms with Crippen molar-refractivity contribution >= 4 is 29.7 Å². The number of aliphatic carboxylic acids is 1. The van der Waals surface area contributed by atoms with E-state index in [9.17, 15) is 14.4 Å². The van der Waals surface area contributed by atoms with Gasteiger partial charge in [-0.3, -0.25) is 9.59 Å². The lowest BCUT2D eigenvalue weighted by molar-refractivity contribution is -0.138. The van der Waals surface area contributed by atoms with Gasteiger partial charge in [-0.1, -0.05) is 6.42 Å². The predicted octanol–water partition coefficient (Wildman–Crippen LogP) is 0.502. The molecule has 0 aromatic rings. The van der Waals surface area contributed by atoms with E-state index >= 15 is 0 Å². The summed E-state index contributed by atoms with van der Waals surface area (Å²) in [5.41, 5.74) is 0. The zero-order valence-electron chi connectivity index (χ0n) is 33.6. The number of unbranched alkanes of at least 4 members (excludes halogenated alkanes) is 1. The van der Waals surface area contributed by atoms with Gasteiger partial charge in [-0.15, -0.1) is 0 Å². The molecule has 0 unspecified atom stereocenters. The minimum atomic E-state index is -0.878. The number of nitrogens with one attached hydrogen (secondary N) is 3. The van der Waals surface area contributed by atoms with Crippen molar-refractivity contribution in [2.24, 2.45) is 0 Å². The Bertz CT molecular complexity index is 978. The van der Waals surface area contributed by atoms with Crippen LogP contribution < -0.4 is 16.0 Å². The van der Waals surface area contributed by atoms with Crippen LogP contribution in [0.3, 0.4) is 0 Å². The Hall–Kier alpha value is -1.92. The Kier molecular flexibility index (Phi) is 34.4. The number of amides is 3. The first kappa shape index (κ1) is 51.2. The van der Waals surface area contributed by atoms with Gasteiger partial charge in [-0.05, 0) is 12.8 Å². The minimum Gasteiger partial charge on any atom is -0.481 e. The van der Waals surface area contributed by atoms with Gasteiger partial charge < -0.3 is 77.9 Å². The number of carboxylic acid groups (broad SMARTS) is 1. The summed E-state index contributed by atoms with van der Waals surface area (Å²) in [6.07, 6.45) is 3.31. The number of rotatable bonds is 44. The highest BCUT2D eigenvalue weighted by molar-refractivity contribution is 8.00. The third-order valence-electron chi connectivity index (χ3n) is 8.20. The van der Waals surface area contributed by atoms with Crippen molar-refractivity contribution < 1.29 is 76.3 Å². The number of urea groups is 1. The summed E-state index contributed by atoms with van der Waals surface area (Å²) >= 11 is 1.90. The molecule has 0 spiro atoms. The van der Waals surface area contributed by atoms with Crippen LogP contribution in [-0.2, 0) is 66.4 Å². The van der Waals surface area contributed by atoms with Gasteiger partial charge in [-0.25, -0.2) is 4.79 Å². The van der Waals surface area contributed by atoms with E-state index in [4.69, 9.17) is 61.9 Å². The van der Waals surface area contributed by atoms with Crippen molar-refractivity contribution in [3.05, 3.63) is 0 Å². The molecule has 334 valence electrons. The zero-order valence-corrected chi connectivity index (χ0v) is 34.4. The van der Waals surface area contributed by atoms with Crippen molar-refractivity contribution in [1.29, 1.82) is 0 Å². The maximum absolute atomic E-state index is 12.0. The minimum absolute atomic E-state index is 0.00775. The van der Waals surface area contributed by atoms with Gasteiger partial charge in [0.05, 0.1) is 177 Å². The molecule has 2 aliphatic rings. The first-order chi connectivity index (χ1) is 28.1. The fraction of sp³-hybridized carbons (Fsp3) is 0.919. The lowest BCUT2D eigenvalue weighted by Gasteiger charge is -2.16. The number of fused-ring (bicyclic) bond motifs is 1.